The van der Waals surface area contributed by atoms with Crippen molar-refractivity contribution >= 4 is 32.6 Å². The van der Waals surface area contributed by atoms with Gasteiger partial charge in [-0.05, 0) is 56.9 Å². The third-order valence-corrected chi connectivity index (χ3v) is 4.48. The van der Waals surface area contributed by atoms with Gasteiger partial charge >= 0.3 is 0 Å². The van der Waals surface area contributed by atoms with Crippen molar-refractivity contribution in [1.29, 1.82) is 0 Å². The average molecular weight is 294 g/mol. The van der Waals surface area contributed by atoms with Gasteiger partial charge in [-0.2, -0.15) is 0 Å². The Morgan fingerprint density at radius 3 is 2.43 bits per heavy atom. The van der Waals surface area contributed by atoms with Crippen molar-refractivity contribution in [3.8, 4) is 11.1 Å². The highest BCUT2D eigenvalue weighted by atomic mass is 14.9. The minimum atomic E-state index is 0.999. The molecule has 0 aliphatic carbocycles. The topological polar surface area (TPSA) is 28.7 Å². The lowest BCUT2D eigenvalue weighted by molar-refractivity contribution is 1.34. The van der Waals surface area contributed by atoms with Gasteiger partial charge < -0.3 is 4.98 Å². The van der Waals surface area contributed by atoms with E-state index >= 15 is 0 Å². The van der Waals surface area contributed by atoms with E-state index in [-0.39, 0.29) is 0 Å². The first-order valence-corrected chi connectivity index (χ1v) is 7.73. The summed E-state index contributed by atoms with van der Waals surface area (Å²) < 4.78 is 0. The molecule has 1 heterocycles. The number of rotatable bonds is 1. The number of hydrogen-bond donors (Lipinski definition) is 1. The molecular formula is C21H14N2. The quantitative estimate of drug-likeness (QED) is 0.404. The van der Waals surface area contributed by atoms with E-state index in [0.29, 0.717) is 0 Å². The molecule has 2 heteroatoms. The molecule has 0 bridgehead atoms. The number of nitrogens with one attached hydrogen (secondary N) is 1. The number of nitrogens with zero attached hydrogens (tertiary/aromatic N) is 1. The number of aromatic amines is 1. The smallest absolute Gasteiger partial charge is 0.0931 e. The van der Waals surface area contributed by atoms with Crippen LogP contribution in [0, 0.1) is 0 Å². The SMILES string of the molecule is c1ccc2cc3c(-c4ccc5nc[nH]c5c4)cccc3cc2c1. The standard InChI is InChI=1S/C21H14N2/c1-2-5-15-11-19-16(10-14(15)4-1)6-3-7-18(19)17-8-9-20-21(12-17)23-13-22-20/h1-13H,(H,22,23). The second-order valence-electron chi connectivity index (χ2n) is 5.86. The second-order valence-corrected chi connectivity index (χ2v) is 5.86. The Morgan fingerprint density at radius 2 is 1.52 bits per heavy atom. The van der Waals surface area contributed by atoms with Crippen LogP contribution in [0.15, 0.2) is 79.1 Å². The Balaban J connectivity index is 1.84. The third-order valence-electron chi connectivity index (χ3n) is 4.48. The van der Waals surface area contributed by atoms with Crippen LogP contribution in [0.2, 0.25) is 0 Å². The molecule has 0 aliphatic rings. The zero-order chi connectivity index (χ0) is 15.2. The summed E-state index contributed by atoms with van der Waals surface area (Å²) in [5.41, 5.74) is 4.53. The molecule has 1 N–H and O–H groups in total. The zero-order valence-electron chi connectivity index (χ0n) is 12.5. The fourth-order valence-electron chi connectivity index (χ4n) is 3.32. The van der Waals surface area contributed by atoms with Gasteiger partial charge in [0.25, 0.3) is 0 Å². The van der Waals surface area contributed by atoms with Gasteiger partial charge in [0, 0.05) is 0 Å². The molecule has 0 radical (unpaired) electrons. The zero-order valence-corrected chi connectivity index (χ0v) is 12.5. The van der Waals surface area contributed by atoms with Crippen LogP contribution in [0.4, 0.5) is 0 Å². The molecule has 1 aromatic heterocycles. The number of aromatic nitrogens is 2. The third kappa shape index (κ3) is 1.92. The van der Waals surface area contributed by atoms with Crippen LogP contribution in [0.1, 0.15) is 0 Å². The van der Waals surface area contributed by atoms with Crippen LogP contribution < -0.4 is 0 Å². The Kier molecular flexibility index (Phi) is 2.53. The Bertz CT molecular complexity index is 1170. The van der Waals surface area contributed by atoms with Crippen molar-refractivity contribution in [2.75, 3.05) is 0 Å². The monoisotopic (exact) mass is 294 g/mol. The van der Waals surface area contributed by atoms with E-state index in [1.54, 1.807) is 6.33 Å². The maximum absolute atomic E-state index is 4.30. The predicted molar refractivity (Wildman–Crippen MR) is 96.5 cm³/mol. The van der Waals surface area contributed by atoms with Gasteiger partial charge in [-0.15, -0.1) is 0 Å². The first-order valence-electron chi connectivity index (χ1n) is 7.73. The lowest BCUT2D eigenvalue weighted by Gasteiger charge is -2.09. The molecule has 108 valence electrons. The summed E-state index contributed by atoms with van der Waals surface area (Å²) in [5.74, 6) is 0. The highest BCUT2D eigenvalue weighted by molar-refractivity contribution is 6.05. The summed E-state index contributed by atoms with van der Waals surface area (Å²) in [5, 5.41) is 5.10. The minimum absolute atomic E-state index is 0.999. The van der Waals surface area contributed by atoms with E-state index < -0.39 is 0 Å². The Labute approximate surface area is 133 Å². The van der Waals surface area contributed by atoms with Crippen molar-refractivity contribution in [3.05, 3.63) is 79.1 Å². The number of fused-ring (bicyclic) bond motifs is 3. The lowest BCUT2D eigenvalue weighted by Crippen LogP contribution is -1.83. The highest BCUT2D eigenvalue weighted by Gasteiger charge is 2.07. The summed E-state index contributed by atoms with van der Waals surface area (Å²) in [7, 11) is 0. The molecule has 0 atom stereocenters. The molecule has 0 aliphatic heterocycles. The van der Waals surface area contributed by atoms with Gasteiger partial charge in [-0.1, -0.05) is 48.5 Å². The number of H-pyrrole nitrogens is 1. The van der Waals surface area contributed by atoms with Crippen molar-refractivity contribution in [1.82, 2.24) is 9.97 Å². The summed E-state index contributed by atoms with van der Waals surface area (Å²) in [6, 6.07) is 26.0. The van der Waals surface area contributed by atoms with Gasteiger partial charge in [0.2, 0.25) is 0 Å². The minimum Gasteiger partial charge on any atom is -0.345 e. The second kappa shape index (κ2) is 4.68. The Morgan fingerprint density at radius 1 is 0.696 bits per heavy atom. The molecule has 5 rings (SSSR count). The molecule has 0 saturated carbocycles. The summed E-state index contributed by atoms with van der Waals surface area (Å²) >= 11 is 0. The van der Waals surface area contributed by atoms with Gasteiger partial charge in [0.1, 0.15) is 0 Å². The van der Waals surface area contributed by atoms with E-state index in [1.807, 2.05) is 0 Å². The molecule has 0 saturated heterocycles. The van der Waals surface area contributed by atoms with Gasteiger partial charge in [-0.25, -0.2) is 4.98 Å². The van der Waals surface area contributed by atoms with Crippen molar-refractivity contribution in [2.24, 2.45) is 0 Å². The fraction of sp³-hybridized carbons (Fsp3) is 0. The van der Waals surface area contributed by atoms with Gasteiger partial charge in [0.15, 0.2) is 0 Å². The van der Waals surface area contributed by atoms with E-state index in [0.717, 1.165) is 11.0 Å². The largest absolute Gasteiger partial charge is 0.345 e. The van der Waals surface area contributed by atoms with Crippen LogP contribution in [0.3, 0.4) is 0 Å². The van der Waals surface area contributed by atoms with E-state index in [4.69, 9.17) is 0 Å². The first kappa shape index (κ1) is 12.4. The average Bonchev–Trinajstić information content (AvgIpc) is 3.07. The van der Waals surface area contributed by atoms with Crippen LogP contribution in [0.25, 0.3) is 43.7 Å². The van der Waals surface area contributed by atoms with Crippen LogP contribution in [-0.2, 0) is 0 Å². The number of imidazole rings is 1. The van der Waals surface area contributed by atoms with Crippen LogP contribution in [-0.4, -0.2) is 9.97 Å². The maximum atomic E-state index is 4.30. The van der Waals surface area contributed by atoms with Gasteiger partial charge in [0.05, 0.1) is 17.4 Å². The highest BCUT2D eigenvalue weighted by Crippen LogP contribution is 2.32. The predicted octanol–water partition coefficient (Wildman–Crippen LogP) is 5.54. The molecular weight excluding hydrogens is 280 g/mol. The molecule has 23 heavy (non-hydrogen) atoms. The molecule has 0 amide bonds. The maximum Gasteiger partial charge on any atom is 0.0931 e. The normalized spacial score (nSPS) is 11.5. The Hall–Kier alpha value is -3.13. The fourth-order valence-corrected chi connectivity index (χ4v) is 3.32. The first-order chi connectivity index (χ1) is 11.4. The van der Waals surface area contributed by atoms with Crippen molar-refractivity contribution < 1.29 is 0 Å². The van der Waals surface area contributed by atoms with Crippen LogP contribution >= 0.6 is 0 Å². The number of benzene rings is 4. The number of hydrogen-bond acceptors (Lipinski definition) is 1. The van der Waals surface area contributed by atoms with Crippen LogP contribution in [0.5, 0.6) is 0 Å². The van der Waals surface area contributed by atoms with E-state index in [2.05, 4.69) is 82.8 Å². The molecule has 0 unspecified atom stereocenters. The molecule has 0 spiro atoms. The molecule has 4 aromatic carbocycles. The summed E-state index contributed by atoms with van der Waals surface area (Å²) in [4.78, 5) is 7.50. The summed E-state index contributed by atoms with van der Waals surface area (Å²) in [6.07, 6.45) is 1.74. The van der Waals surface area contributed by atoms with Gasteiger partial charge in [-0.3, -0.25) is 0 Å². The molecule has 2 nitrogen and oxygen atoms in total. The van der Waals surface area contributed by atoms with E-state index in [9.17, 15) is 0 Å². The van der Waals surface area contributed by atoms with E-state index in [1.165, 1.54) is 32.7 Å². The van der Waals surface area contributed by atoms with Crippen molar-refractivity contribution in [3.63, 3.8) is 0 Å². The molecule has 5 aromatic rings. The lowest BCUT2D eigenvalue weighted by atomic mass is 9.95. The van der Waals surface area contributed by atoms with Crippen molar-refractivity contribution in [2.45, 2.75) is 0 Å². The molecule has 0 fully saturated rings. The summed E-state index contributed by atoms with van der Waals surface area (Å²) in [6.45, 7) is 0.